The van der Waals surface area contributed by atoms with E-state index in [0.29, 0.717) is 24.6 Å². The molecule has 1 atom stereocenters. The SMILES string of the molecule is O=C(CC1CCOC1)c1cnccn1. The number of hydrogen-bond donors (Lipinski definition) is 0. The third-order valence-corrected chi connectivity index (χ3v) is 2.35. The van der Waals surface area contributed by atoms with Crippen LogP contribution in [0.15, 0.2) is 18.6 Å². The summed E-state index contributed by atoms with van der Waals surface area (Å²) in [5.74, 6) is 0.429. The molecule has 2 rings (SSSR count). The topological polar surface area (TPSA) is 52.1 Å². The second-order valence-corrected chi connectivity index (χ2v) is 3.45. The molecule has 1 unspecified atom stereocenters. The maximum absolute atomic E-state index is 11.6. The Bertz CT molecular complexity index is 307. The normalized spacial score (nSPS) is 21.0. The van der Waals surface area contributed by atoms with Crippen LogP contribution in [-0.4, -0.2) is 29.0 Å². The van der Waals surface area contributed by atoms with Gasteiger partial charge < -0.3 is 4.74 Å². The van der Waals surface area contributed by atoms with Crippen LogP contribution < -0.4 is 0 Å². The third-order valence-electron chi connectivity index (χ3n) is 2.35. The molecule has 1 saturated heterocycles. The highest BCUT2D eigenvalue weighted by Gasteiger charge is 2.20. The molecule has 0 bridgehead atoms. The van der Waals surface area contributed by atoms with Crippen LogP contribution in [0.5, 0.6) is 0 Å². The molecule has 1 aromatic heterocycles. The summed E-state index contributed by atoms with van der Waals surface area (Å²) < 4.78 is 5.21. The monoisotopic (exact) mass is 192 g/mol. The lowest BCUT2D eigenvalue weighted by molar-refractivity contribution is 0.0947. The Hall–Kier alpha value is -1.29. The molecule has 0 N–H and O–H groups in total. The smallest absolute Gasteiger partial charge is 0.183 e. The molecule has 1 aliphatic rings. The van der Waals surface area contributed by atoms with E-state index in [4.69, 9.17) is 4.74 Å². The number of rotatable bonds is 3. The first kappa shape index (κ1) is 9.27. The zero-order valence-corrected chi connectivity index (χ0v) is 7.85. The van der Waals surface area contributed by atoms with E-state index in [1.807, 2.05) is 0 Å². The minimum Gasteiger partial charge on any atom is -0.381 e. The van der Waals surface area contributed by atoms with Gasteiger partial charge in [0.15, 0.2) is 5.78 Å². The van der Waals surface area contributed by atoms with Gasteiger partial charge in [-0.05, 0) is 12.3 Å². The minimum absolute atomic E-state index is 0.0635. The van der Waals surface area contributed by atoms with E-state index in [9.17, 15) is 4.79 Å². The highest BCUT2D eigenvalue weighted by Crippen LogP contribution is 2.17. The Morgan fingerprint density at radius 1 is 1.57 bits per heavy atom. The van der Waals surface area contributed by atoms with E-state index in [1.165, 1.54) is 6.20 Å². The van der Waals surface area contributed by atoms with Gasteiger partial charge in [-0.1, -0.05) is 0 Å². The number of nitrogens with zero attached hydrogens (tertiary/aromatic N) is 2. The summed E-state index contributed by atoms with van der Waals surface area (Å²) in [4.78, 5) is 19.5. The van der Waals surface area contributed by atoms with Crippen LogP contribution in [-0.2, 0) is 4.74 Å². The van der Waals surface area contributed by atoms with Crippen molar-refractivity contribution >= 4 is 5.78 Å². The van der Waals surface area contributed by atoms with Crippen molar-refractivity contribution in [1.29, 1.82) is 0 Å². The Morgan fingerprint density at radius 3 is 3.14 bits per heavy atom. The van der Waals surface area contributed by atoms with E-state index in [-0.39, 0.29) is 5.78 Å². The first-order valence-electron chi connectivity index (χ1n) is 4.73. The fourth-order valence-electron chi connectivity index (χ4n) is 1.55. The fourth-order valence-corrected chi connectivity index (χ4v) is 1.55. The second-order valence-electron chi connectivity index (χ2n) is 3.45. The van der Waals surface area contributed by atoms with E-state index in [2.05, 4.69) is 9.97 Å². The van der Waals surface area contributed by atoms with Gasteiger partial charge in [-0.3, -0.25) is 9.78 Å². The molecule has 2 heterocycles. The standard InChI is InChI=1S/C10H12N2O2/c13-10(5-8-1-4-14-7-8)9-6-11-2-3-12-9/h2-3,6,8H,1,4-5,7H2. The van der Waals surface area contributed by atoms with Crippen LogP contribution in [0, 0.1) is 5.92 Å². The van der Waals surface area contributed by atoms with E-state index < -0.39 is 0 Å². The second kappa shape index (κ2) is 4.28. The third kappa shape index (κ3) is 2.14. The van der Waals surface area contributed by atoms with Gasteiger partial charge in [0, 0.05) is 32.0 Å². The molecule has 14 heavy (non-hydrogen) atoms. The van der Waals surface area contributed by atoms with E-state index in [1.54, 1.807) is 12.4 Å². The van der Waals surface area contributed by atoms with Crippen LogP contribution in [0.1, 0.15) is 23.3 Å². The summed E-state index contributed by atoms with van der Waals surface area (Å²) in [6, 6.07) is 0. The van der Waals surface area contributed by atoms with Crippen molar-refractivity contribution in [3.63, 3.8) is 0 Å². The molecule has 0 aromatic carbocycles. The predicted molar refractivity (Wildman–Crippen MR) is 49.9 cm³/mol. The largest absolute Gasteiger partial charge is 0.381 e. The summed E-state index contributed by atoms with van der Waals surface area (Å²) in [5.41, 5.74) is 0.458. The Balaban J connectivity index is 1.95. The van der Waals surface area contributed by atoms with Crippen LogP contribution in [0.3, 0.4) is 0 Å². The van der Waals surface area contributed by atoms with Crippen molar-refractivity contribution in [2.24, 2.45) is 5.92 Å². The molecule has 0 radical (unpaired) electrons. The van der Waals surface area contributed by atoms with Crippen LogP contribution >= 0.6 is 0 Å². The quantitative estimate of drug-likeness (QED) is 0.672. The van der Waals surface area contributed by atoms with Crippen molar-refractivity contribution in [3.8, 4) is 0 Å². The number of Topliss-reactive ketones (excluding diaryl/α,β-unsaturated/α-hetero) is 1. The van der Waals surface area contributed by atoms with Gasteiger partial charge in [-0.25, -0.2) is 4.98 Å². The number of ether oxygens (including phenoxy) is 1. The number of aromatic nitrogens is 2. The highest BCUT2D eigenvalue weighted by molar-refractivity contribution is 5.94. The van der Waals surface area contributed by atoms with Crippen molar-refractivity contribution in [3.05, 3.63) is 24.3 Å². The molecule has 0 spiro atoms. The van der Waals surface area contributed by atoms with Gasteiger partial charge >= 0.3 is 0 Å². The lowest BCUT2D eigenvalue weighted by Gasteiger charge is -2.04. The summed E-state index contributed by atoms with van der Waals surface area (Å²) in [7, 11) is 0. The maximum Gasteiger partial charge on any atom is 0.183 e. The average molecular weight is 192 g/mol. The molecule has 0 aliphatic carbocycles. The van der Waals surface area contributed by atoms with Gasteiger partial charge in [0.1, 0.15) is 5.69 Å². The lowest BCUT2D eigenvalue weighted by atomic mass is 10.0. The fraction of sp³-hybridized carbons (Fsp3) is 0.500. The van der Waals surface area contributed by atoms with Crippen molar-refractivity contribution in [2.45, 2.75) is 12.8 Å². The van der Waals surface area contributed by atoms with Gasteiger partial charge in [0.2, 0.25) is 0 Å². The molecule has 4 heteroatoms. The van der Waals surface area contributed by atoms with Gasteiger partial charge in [0.05, 0.1) is 6.20 Å². The van der Waals surface area contributed by atoms with Gasteiger partial charge in [-0.15, -0.1) is 0 Å². The summed E-state index contributed by atoms with van der Waals surface area (Å²) in [6.07, 6.45) is 6.12. The summed E-state index contributed by atoms with van der Waals surface area (Å²) in [6.45, 7) is 1.48. The van der Waals surface area contributed by atoms with Gasteiger partial charge in [-0.2, -0.15) is 0 Å². The lowest BCUT2D eigenvalue weighted by Crippen LogP contribution is -2.10. The number of ketones is 1. The zero-order chi connectivity index (χ0) is 9.80. The molecule has 0 saturated carbocycles. The number of hydrogen-bond acceptors (Lipinski definition) is 4. The van der Waals surface area contributed by atoms with Crippen LogP contribution in [0.25, 0.3) is 0 Å². The predicted octanol–water partition coefficient (Wildman–Crippen LogP) is 1.09. The summed E-state index contributed by atoms with van der Waals surface area (Å²) in [5, 5.41) is 0. The Kier molecular flexibility index (Phi) is 2.84. The molecule has 74 valence electrons. The van der Waals surface area contributed by atoms with E-state index >= 15 is 0 Å². The maximum atomic E-state index is 11.6. The highest BCUT2D eigenvalue weighted by atomic mass is 16.5. The first-order chi connectivity index (χ1) is 6.86. The molecule has 1 aromatic rings. The molecule has 1 aliphatic heterocycles. The van der Waals surface area contributed by atoms with Crippen molar-refractivity contribution in [1.82, 2.24) is 9.97 Å². The number of carbonyl (C=O) groups excluding carboxylic acids is 1. The summed E-state index contributed by atoms with van der Waals surface area (Å²) >= 11 is 0. The van der Waals surface area contributed by atoms with E-state index in [0.717, 1.165) is 13.0 Å². The molecule has 0 amide bonds. The van der Waals surface area contributed by atoms with Crippen molar-refractivity contribution < 1.29 is 9.53 Å². The Morgan fingerprint density at radius 2 is 2.50 bits per heavy atom. The minimum atomic E-state index is 0.0635. The molecule has 4 nitrogen and oxygen atoms in total. The van der Waals surface area contributed by atoms with Gasteiger partial charge in [0.25, 0.3) is 0 Å². The molecule has 1 fully saturated rings. The Labute approximate surface area is 82.3 Å². The number of carbonyl (C=O) groups is 1. The first-order valence-corrected chi connectivity index (χ1v) is 4.73. The average Bonchev–Trinajstić information content (AvgIpc) is 2.72. The van der Waals surface area contributed by atoms with Crippen molar-refractivity contribution in [2.75, 3.05) is 13.2 Å². The van der Waals surface area contributed by atoms with Crippen LogP contribution in [0.2, 0.25) is 0 Å². The molecular weight excluding hydrogens is 180 g/mol. The molecular formula is C10H12N2O2. The zero-order valence-electron chi connectivity index (χ0n) is 7.85. The van der Waals surface area contributed by atoms with Crippen LogP contribution in [0.4, 0.5) is 0 Å².